The van der Waals surface area contributed by atoms with Crippen molar-refractivity contribution >= 4 is 17.6 Å². The molecule has 0 spiro atoms. The van der Waals surface area contributed by atoms with Gasteiger partial charge in [-0.25, -0.2) is 4.39 Å². The van der Waals surface area contributed by atoms with E-state index in [1.54, 1.807) is 12.1 Å². The molecule has 0 aliphatic heterocycles. The highest BCUT2D eigenvalue weighted by molar-refractivity contribution is 5.58. The molecule has 0 aliphatic carbocycles. The van der Waals surface area contributed by atoms with E-state index in [9.17, 15) is 4.39 Å². The van der Waals surface area contributed by atoms with Gasteiger partial charge in [0, 0.05) is 18.8 Å². The number of aromatic nitrogens is 3. The van der Waals surface area contributed by atoms with Gasteiger partial charge in [0.1, 0.15) is 5.82 Å². The van der Waals surface area contributed by atoms with Crippen LogP contribution in [-0.2, 0) is 0 Å². The van der Waals surface area contributed by atoms with Crippen molar-refractivity contribution in [2.75, 3.05) is 30.4 Å². The number of halogens is 1. The SMILES string of the molecule is CCNc1nc(OC)nc(N(CC)c2ccc(F)cc2)n1. The van der Waals surface area contributed by atoms with Gasteiger partial charge in [-0.2, -0.15) is 15.0 Å². The number of ether oxygens (including phenoxy) is 1. The predicted molar refractivity (Wildman–Crippen MR) is 79.6 cm³/mol. The predicted octanol–water partition coefficient (Wildman–Crippen LogP) is 2.61. The Hall–Kier alpha value is -2.44. The summed E-state index contributed by atoms with van der Waals surface area (Å²) < 4.78 is 18.2. The molecule has 1 heterocycles. The van der Waals surface area contributed by atoms with Crippen LogP contribution in [0, 0.1) is 5.82 Å². The maximum atomic E-state index is 13.0. The van der Waals surface area contributed by atoms with E-state index in [-0.39, 0.29) is 11.8 Å². The second-order valence-corrected chi connectivity index (χ2v) is 4.20. The third kappa shape index (κ3) is 3.56. The lowest BCUT2D eigenvalue weighted by atomic mass is 10.3. The van der Waals surface area contributed by atoms with Crippen molar-refractivity contribution in [3.05, 3.63) is 30.1 Å². The van der Waals surface area contributed by atoms with Crippen LogP contribution in [-0.4, -0.2) is 35.2 Å². The van der Waals surface area contributed by atoms with Gasteiger partial charge in [-0.15, -0.1) is 0 Å². The molecule has 0 saturated carbocycles. The Morgan fingerprint density at radius 2 is 1.86 bits per heavy atom. The summed E-state index contributed by atoms with van der Waals surface area (Å²) in [5, 5.41) is 3.03. The van der Waals surface area contributed by atoms with Gasteiger partial charge in [0.05, 0.1) is 7.11 Å². The maximum Gasteiger partial charge on any atom is 0.322 e. The van der Waals surface area contributed by atoms with Crippen LogP contribution in [0.4, 0.5) is 22.0 Å². The molecule has 1 aromatic carbocycles. The number of hydrogen-bond acceptors (Lipinski definition) is 6. The second kappa shape index (κ2) is 6.83. The van der Waals surface area contributed by atoms with E-state index >= 15 is 0 Å². The van der Waals surface area contributed by atoms with Crippen LogP contribution < -0.4 is 15.0 Å². The number of nitrogens with zero attached hydrogens (tertiary/aromatic N) is 4. The van der Waals surface area contributed by atoms with Crippen LogP contribution in [0.3, 0.4) is 0 Å². The Bertz CT molecular complexity index is 590. The third-order valence-electron chi connectivity index (χ3n) is 2.82. The molecule has 0 fully saturated rings. The van der Waals surface area contributed by atoms with Crippen LogP contribution in [0.5, 0.6) is 6.01 Å². The van der Waals surface area contributed by atoms with Crippen LogP contribution in [0.2, 0.25) is 0 Å². The minimum absolute atomic E-state index is 0.233. The Balaban J connectivity index is 2.40. The third-order valence-corrected chi connectivity index (χ3v) is 2.82. The number of methoxy groups -OCH3 is 1. The standard InChI is InChI=1S/C14H18FN5O/c1-4-16-12-17-13(19-14(18-12)21-3)20(5-2)11-8-6-10(15)7-9-11/h6-9H,4-5H2,1-3H3,(H,16,17,18,19). The molecule has 6 nitrogen and oxygen atoms in total. The van der Waals surface area contributed by atoms with Gasteiger partial charge in [0.25, 0.3) is 0 Å². The fourth-order valence-corrected chi connectivity index (χ4v) is 1.86. The molecule has 0 bridgehead atoms. The number of benzene rings is 1. The molecule has 1 N–H and O–H groups in total. The summed E-state index contributed by atoms with van der Waals surface area (Å²) in [6.07, 6.45) is 0. The summed E-state index contributed by atoms with van der Waals surface area (Å²) in [6.45, 7) is 5.24. The minimum Gasteiger partial charge on any atom is -0.467 e. The van der Waals surface area contributed by atoms with E-state index in [4.69, 9.17) is 4.74 Å². The zero-order chi connectivity index (χ0) is 15.2. The molecular formula is C14H18FN5O. The first-order valence-corrected chi connectivity index (χ1v) is 6.75. The molecule has 1 aromatic heterocycles. The van der Waals surface area contributed by atoms with Gasteiger partial charge < -0.3 is 15.0 Å². The van der Waals surface area contributed by atoms with Crippen LogP contribution in [0.25, 0.3) is 0 Å². The number of anilines is 3. The van der Waals surface area contributed by atoms with Crippen molar-refractivity contribution in [1.82, 2.24) is 15.0 Å². The van der Waals surface area contributed by atoms with Gasteiger partial charge in [-0.1, -0.05) is 0 Å². The molecule has 0 atom stereocenters. The Morgan fingerprint density at radius 1 is 1.14 bits per heavy atom. The second-order valence-electron chi connectivity index (χ2n) is 4.20. The Kier molecular flexibility index (Phi) is 4.86. The molecule has 0 aliphatic rings. The molecular weight excluding hydrogens is 273 g/mol. The first kappa shape index (κ1) is 15.0. The molecule has 7 heteroatoms. The monoisotopic (exact) mass is 291 g/mol. The van der Waals surface area contributed by atoms with Crippen LogP contribution in [0.1, 0.15) is 13.8 Å². The van der Waals surface area contributed by atoms with E-state index < -0.39 is 0 Å². The maximum absolute atomic E-state index is 13.0. The largest absolute Gasteiger partial charge is 0.467 e. The van der Waals surface area contributed by atoms with E-state index in [2.05, 4.69) is 20.3 Å². The lowest BCUT2D eigenvalue weighted by molar-refractivity contribution is 0.379. The summed E-state index contributed by atoms with van der Waals surface area (Å²) in [5.41, 5.74) is 0.801. The lowest BCUT2D eigenvalue weighted by Gasteiger charge is -2.21. The fourth-order valence-electron chi connectivity index (χ4n) is 1.86. The normalized spacial score (nSPS) is 10.3. The van der Waals surface area contributed by atoms with E-state index in [1.165, 1.54) is 19.2 Å². The quantitative estimate of drug-likeness (QED) is 0.882. The summed E-state index contributed by atoms with van der Waals surface area (Å²) in [5.74, 6) is 0.614. The summed E-state index contributed by atoms with van der Waals surface area (Å²) in [7, 11) is 1.50. The summed E-state index contributed by atoms with van der Waals surface area (Å²) in [4.78, 5) is 14.6. The van der Waals surface area contributed by atoms with Gasteiger partial charge in [0.15, 0.2) is 0 Å². The highest BCUT2D eigenvalue weighted by Gasteiger charge is 2.14. The highest BCUT2D eigenvalue weighted by atomic mass is 19.1. The van der Waals surface area contributed by atoms with Crippen molar-refractivity contribution < 1.29 is 9.13 Å². The average Bonchev–Trinajstić information content (AvgIpc) is 2.50. The van der Waals surface area contributed by atoms with Gasteiger partial charge >= 0.3 is 6.01 Å². The van der Waals surface area contributed by atoms with E-state index in [0.717, 1.165) is 5.69 Å². The molecule has 0 unspecified atom stereocenters. The number of hydrogen-bond donors (Lipinski definition) is 1. The van der Waals surface area contributed by atoms with Crippen molar-refractivity contribution in [2.24, 2.45) is 0 Å². The Morgan fingerprint density at radius 3 is 2.43 bits per heavy atom. The molecule has 21 heavy (non-hydrogen) atoms. The summed E-state index contributed by atoms with van der Waals surface area (Å²) in [6, 6.07) is 6.41. The number of nitrogens with one attached hydrogen (secondary N) is 1. The van der Waals surface area contributed by atoms with Crippen molar-refractivity contribution in [3.8, 4) is 6.01 Å². The van der Waals surface area contributed by atoms with Gasteiger partial charge in [-0.3, -0.25) is 0 Å². The zero-order valence-electron chi connectivity index (χ0n) is 12.3. The molecule has 112 valence electrons. The van der Waals surface area contributed by atoms with Crippen molar-refractivity contribution in [3.63, 3.8) is 0 Å². The summed E-state index contributed by atoms with van der Waals surface area (Å²) >= 11 is 0. The fraction of sp³-hybridized carbons (Fsp3) is 0.357. The van der Waals surface area contributed by atoms with Crippen LogP contribution >= 0.6 is 0 Å². The molecule has 0 saturated heterocycles. The first-order valence-electron chi connectivity index (χ1n) is 6.75. The zero-order valence-corrected chi connectivity index (χ0v) is 12.3. The van der Waals surface area contributed by atoms with Gasteiger partial charge in [-0.05, 0) is 38.1 Å². The van der Waals surface area contributed by atoms with Gasteiger partial charge in [0.2, 0.25) is 11.9 Å². The van der Waals surface area contributed by atoms with E-state index in [0.29, 0.717) is 25.0 Å². The van der Waals surface area contributed by atoms with Crippen molar-refractivity contribution in [2.45, 2.75) is 13.8 Å². The molecule has 2 aromatic rings. The Labute approximate surface area is 123 Å². The van der Waals surface area contributed by atoms with E-state index in [1.807, 2.05) is 18.7 Å². The van der Waals surface area contributed by atoms with Crippen molar-refractivity contribution in [1.29, 1.82) is 0 Å². The smallest absolute Gasteiger partial charge is 0.322 e. The van der Waals surface area contributed by atoms with Crippen LogP contribution in [0.15, 0.2) is 24.3 Å². The molecule has 2 rings (SSSR count). The average molecular weight is 291 g/mol. The highest BCUT2D eigenvalue weighted by Crippen LogP contribution is 2.24. The number of rotatable bonds is 6. The molecule has 0 radical (unpaired) electrons. The lowest BCUT2D eigenvalue weighted by Crippen LogP contribution is -2.20. The first-order chi connectivity index (χ1) is 10.2. The minimum atomic E-state index is -0.281. The molecule has 0 amide bonds. The topological polar surface area (TPSA) is 63.2 Å².